The normalized spacial score (nSPS) is 16.0. The van der Waals surface area contributed by atoms with Gasteiger partial charge >= 0.3 is 0 Å². The van der Waals surface area contributed by atoms with E-state index in [9.17, 15) is 8.42 Å². The van der Waals surface area contributed by atoms with Crippen molar-refractivity contribution >= 4 is 10.0 Å². The van der Waals surface area contributed by atoms with Gasteiger partial charge in [0.15, 0.2) is 0 Å². The van der Waals surface area contributed by atoms with Gasteiger partial charge < -0.3 is 4.74 Å². The van der Waals surface area contributed by atoms with Crippen molar-refractivity contribution in [3.63, 3.8) is 0 Å². The van der Waals surface area contributed by atoms with Gasteiger partial charge in [0.2, 0.25) is 10.0 Å². The molecular weight excluding hydrogens is 326 g/mol. The maximum absolute atomic E-state index is 12.9. The van der Waals surface area contributed by atoms with Crippen molar-refractivity contribution in [1.29, 1.82) is 0 Å². The molecule has 0 saturated heterocycles. The Bertz CT molecular complexity index is 833. The Morgan fingerprint density at radius 1 is 1.12 bits per heavy atom. The number of rotatable bonds is 3. The lowest BCUT2D eigenvalue weighted by Crippen LogP contribution is -2.38. The minimum Gasteiger partial charge on any atom is -0.497 e. The molecule has 2 heterocycles. The summed E-state index contributed by atoms with van der Waals surface area (Å²) in [5, 5.41) is 4.61. The molecule has 1 aliphatic heterocycles. The molecule has 0 bridgehead atoms. The molecular formula is C17H23N3O3S. The maximum Gasteiger partial charge on any atom is 0.243 e. The first-order valence-corrected chi connectivity index (χ1v) is 9.37. The van der Waals surface area contributed by atoms with Crippen LogP contribution in [0, 0.1) is 0 Å². The van der Waals surface area contributed by atoms with Crippen LogP contribution in [0.4, 0.5) is 0 Å². The van der Waals surface area contributed by atoms with Crippen molar-refractivity contribution in [3.8, 4) is 5.75 Å². The third-order valence-electron chi connectivity index (χ3n) is 4.23. The zero-order chi connectivity index (χ0) is 17.5. The van der Waals surface area contributed by atoms with E-state index in [1.54, 1.807) is 31.4 Å². The SMILES string of the molecule is COc1ccc(S(=O)(=O)N2CCn3nc(C(C)(C)C)cc3C2)cc1. The lowest BCUT2D eigenvalue weighted by molar-refractivity contribution is 0.325. The molecule has 0 unspecified atom stereocenters. The summed E-state index contributed by atoms with van der Waals surface area (Å²) in [6.45, 7) is 7.65. The lowest BCUT2D eigenvalue weighted by Gasteiger charge is -2.27. The molecule has 1 aromatic heterocycles. The topological polar surface area (TPSA) is 64.4 Å². The van der Waals surface area contributed by atoms with E-state index < -0.39 is 10.0 Å². The Balaban J connectivity index is 1.87. The smallest absolute Gasteiger partial charge is 0.243 e. The molecule has 0 fully saturated rings. The molecule has 130 valence electrons. The number of hydrogen-bond acceptors (Lipinski definition) is 4. The van der Waals surface area contributed by atoms with Gasteiger partial charge in [0, 0.05) is 12.0 Å². The van der Waals surface area contributed by atoms with Crippen molar-refractivity contribution in [2.24, 2.45) is 0 Å². The van der Waals surface area contributed by atoms with Crippen LogP contribution in [0.2, 0.25) is 0 Å². The zero-order valence-electron chi connectivity index (χ0n) is 14.5. The summed E-state index contributed by atoms with van der Waals surface area (Å²) in [4.78, 5) is 0.285. The second-order valence-corrected chi connectivity index (χ2v) is 8.95. The van der Waals surface area contributed by atoms with E-state index >= 15 is 0 Å². The molecule has 24 heavy (non-hydrogen) atoms. The van der Waals surface area contributed by atoms with E-state index in [2.05, 4.69) is 25.9 Å². The van der Waals surface area contributed by atoms with E-state index in [1.807, 2.05) is 10.7 Å². The third kappa shape index (κ3) is 3.06. The molecule has 1 aliphatic rings. The number of benzene rings is 1. The lowest BCUT2D eigenvalue weighted by atomic mass is 9.92. The van der Waals surface area contributed by atoms with Crippen molar-refractivity contribution in [2.45, 2.75) is 44.2 Å². The first kappa shape index (κ1) is 17.0. The molecule has 0 spiro atoms. The van der Waals surface area contributed by atoms with Gasteiger partial charge in [-0.3, -0.25) is 4.68 Å². The summed E-state index contributed by atoms with van der Waals surface area (Å²) in [5.41, 5.74) is 1.87. The van der Waals surface area contributed by atoms with Crippen LogP contribution in [0.15, 0.2) is 35.2 Å². The number of sulfonamides is 1. The van der Waals surface area contributed by atoms with Crippen molar-refractivity contribution < 1.29 is 13.2 Å². The molecule has 0 atom stereocenters. The molecule has 0 amide bonds. The molecule has 7 heteroatoms. The largest absolute Gasteiger partial charge is 0.497 e. The molecule has 1 aromatic carbocycles. The average Bonchev–Trinajstić information content (AvgIpc) is 2.98. The molecule has 0 saturated carbocycles. The standard InChI is InChI=1S/C17H23N3O3S/c1-17(2,3)16-11-13-12-19(9-10-20(13)18-16)24(21,22)15-7-5-14(23-4)6-8-15/h5-8,11H,9-10,12H2,1-4H3. The number of methoxy groups -OCH3 is 1. The van der Waals surface area contributed by atoms with Crippen molar-refractivity contribution in [3.05, 3.63) is 41.7 Å². The predicted octanol–water partition coefficient (Wildman–Crippen LogP) is 2.39. The van der Waals surface area contributed by atoms with Gasteiger partial charge in [-0.05, 0) is 30.3 Å². The minimum absolute atomic E-state index is 0.0516. The van der Waals surface area contributed by atoms with Crippen LogP contribution in [0.3, 0.4) is 0 Å². The van der Waals surface area contributed by atoms with Gasteiger partial charge in [-0.1, -0.05) is 20.8 Å². The predicted molar refractivity (Wildman–Crippen MR) is 91.5 cm³/mol. The quantitative estimate of drug-likeness (QED) is 0.853. The minimum atomic E-state index is -3.52. The van der Waals surface area contributed by atoms with E-state index in [4.69, 9.17) is 4.74 Å². The average molecular weight is 349 g/mol. The highest BCUT2D eigenvalue weighted by atomic mass is 32.2. The fraction of sp³-hybridized carbons (Fsp3) is 0.471. The number of aromatic nitrogens is 2. The van der Waals surface area contributed by atoms with Gasteiger partial charge in [-0.25, -0.2) is 8.42 Å². The summed E-state index contributed by atoms with van der Waals surface area (Å²) in [6.07, 6.45) is 0. The second-order valence-electron chi connectivity index (χ2n) is 7.01. The van der Waals surface area contributed by atoms with E-state index in [0.717, 1.165) is 11.4 Å². The molecule has 6 nitrogen and oxygen atoms in total. The van der Waals surface area contributed by atoms with E-state index in [0.29, 0.717) is 25.4 Å². The van der Waals surface area contributed by atoms with Gasteiger partial charge in [-0.2, -0.15) is 9.40 Å². The van der Waals surface area contributed by atoms with Crippen LogP contribution in [-0.4, -0.2) is 36.2 Å². The number of ether oxygens (including phenoxy) is 1. The second kappa shape index (κ2) is 5.89. The fourth-order valence-electron chi connectivity index (χ4n) is 2.71. The molecule has 0 radical (unpaired) electrons. The summed E-state index contributed by atoms with van der Waals surface area (Å²) < 4.78 is 34.2. The van der Waals surface area contributed by atoms with E-state index in [-0.39, 0.29) is 10.3 Å². The summed E-state index contributed by atoms with van der Waals surface area (Å²) in [7, 11) is -1.96. The Morgan fingerprint density at radius 2 is 1.79 bits per heavy atom. The van der Waals surface area contributed by atoms with E-state index in [1.165, 1.54) is 4.31 Å². The summed E-state index contributed by atoms with van der Waals surface area (Å²) in [6, 6.07) is 8.51. The third-order valence-corrected chi connectivity index (χ3v) is 6.09. The Kier molecular flexibility index (Phi) is 4.17. The van der Waals surface area contributed by atoms with Crippen molar-refractivity contribution in [1.82, 2.24) is 14.1 Å². The maximum atomic E-state index is 12.9. The number of nitrogens with zero attached hydrogens (tertiary/aromatic N) is 3. The molecule has 3 rings (SSSR count). The monoisotopic (exact) mass is 349 g/mol. The van der Waals surface area contributed by atoms with Gasteiger partial charge in [0.25, 0.3) is 0 Å². The molecule has 0 N–H and O–H groups in total. The van der Waals surface area contributed by atoms with Crippen LogP contribution in [0.1, 0.15) is 32.2 Å². The summed E-state index contributed by atoms with van der Waals surface area (Å²) in [5.74, 6) is 0.639. The highest BCUT2D eigenvalue weighted by Crippen LogP contribution is 2.27. The summed E-state index contributed by atoms with van der Waals surface area (Å²) >= 11 is 0. The van der Waals surface area contributed by atoms with Gasteiger partial charge in [0.1, 0.15) is 5.75 Å². The van der Waals surface area contributed by atoms with Crippen LogP contribution >= 0.6 is 0 Å². The van der Waals surface area contributed by atoms with Crippen LogP contribution < -0.4 is 4.74 Å². The van der Waals surface area contributed by atoms with Gasteiger partial charge in [-0.15, -0.1) is 0 Å². The molecule has 2 aromatic rings. The number of hydrogen-bond donors (Lipinski definition) is 0. The highest BCUT2D eigenvalue weighted by Gasteiger charge is 2.30. The highest BCUT2D eigenvalue weighted by molar-refractivity contribution is 7.89. The van der Waals surface area contributed by atoms with Crippen LogP contribution in [0.25, 0.3) is 0 Å². The Labute approximate surface area is 143 Å². The number of fused-ring (bicyclic) bond motifs is 1. The Morgan fingerprint density at radius 3 is 2.38 bits per heavy atom. The van der Waals surface area contributed by atoms with Gasteiger partial charge in [0.05, 0.1) is 36.5 Å². The Hall–Kier alpha value is -1.86. The molecule has 0 aliphatic carbocycles. The zero-order valence-corrected chi connectivity index (χ0v) is 15.3. The van der Waals surface area contributed by atoms with Crippen LogP contribution in [0.5, 0.6) is 5.75 Å². The fourth-order valence-corrected chi connectivity index (χ4v) is 4.11. The van der Waals surface area contributed by atoms with Crippen molar-refractivity contribution in [2.75, 3.05) is 13.7 Å². The van der Waals surface area contributed by atoms with Crippen LogP contribution in [-0.2, 0) is 28.5 Å². The first-order chi connectivity index (χ1) is 11.2. The first-order valence-electron chi connectivity index (χ1n) is 7.93.